The Morgan fingerprint density at radius 3 is 2.51 bits per heavy atom. The Morgan fingerprint density at radius 1 is 1.28 bits per heavy atom. The molecule has 1 aromatic carbocycles. The van der Waals surface area contributed by atoms with Crippen molar-refractivity contribution in [3.8, 4) is 17.0 Å². The number of carbonyl (C=O) groups excluding carboxylic acids is 2. The summed E-state index contributed by atoms with van der Waals surface area (Å²) < 4.78 is 54.4. The highest BCUT2D eigenvalue weighted by Crippen LogP contribution is 2.37. The van der Waals surface area contributed by atoms with Crippen LogP contribution in [0.3, 0.4) is 0 Å². The predicted octanol–water partition coefficient (Wildman–Crippen LogP) is 6.19. The van der Waals surface area contributed by atoms with Crippen LogP contribution in [0.2, 0.25) is 0 Å². The lowest BCUT2D eigenvalue weighted by molar-refractivity contribution is -0.113. The van der Waals surface area contributed by atoms with E-state index in [0.29, 0.717) is 11.1 Å². The van der Waals surface area contributed by atoms with Crippen LogP contribution in [0.15, 0.2) is 31.1 Å². The first kappa shape index (κ1) is 29.5. The van der Waals surface area contributed by atoms with E-state index in [9.17, 15) is 18.4 Å². The molecule has 3 rings (SSSR count). The molecule has 2 heterocycles. The molecule has 0 spiro atoms. The highest BCUT2D eigenvalue weighted by Gasteiger charge is 2.26. The lowest BCUT2D eigenvalue weighted by Gasteiger charge is -2.19. The van der Waals surface area contributed by atoms with E-state index in [0.717, 1.165) is 16.8 Å². The minimum atomic E-state index is -3.28. The molecule has 0 aliphatic heterocycles. The zero-order valence-electron chi connectivity index (χ0n) is 21.9. The van der Waals surface area contributed by atoms with Crippen LogP contribution in [0.25, 0.3) is 29.0 Å². The molecule has 208 valence electrons. The average molecular weight is 566 g/mol. The van der Waals surface area contributed by atoms with E-state index in [2.05, 4.69) is 26.8 Å². The fourth-order valence-electron chi connectivity index (χ4n) is 3.69. The van der Waals surface area contributed by atoms with E-state index in [-0.39, 0.29) is 28.2 Å². The van der Waals surface area contributed by atoms with Gasteiger partial charge < -0.3 is 14.8 Å². The van der Waals surface area contributed by atoms with Crippen LogP contribution < -0.4 is 10.1 Å². The van der Waals surface area contributed by atoms with E-state index < -0.39 is 41.7 Å². The lowest BCUT2D eigenvalue weighted by atomic mass is 9.99. The quantitative estimate of drug-likeness (QED) is 0.327. The first-order valence-corrected chi connectivity index (χ1v) is 12.1. The zero-order valence-corrected chi connectivity index (χ0v) is 22.6. The maximum atomic E-state index is 15.3. The molecular weight excluding hydrogens is 539 g/mol. The first-order chi connectivity index (χ1) is 18.2. The number of hydrogen-bond acceptors (Lipinski definition) is 6. The smallest absolute Gasteiger partial charge is 0.435 e. The molecule has 3 aromatic rings. The van der Waals surface area contributed by atoms with Gasteiger partial charge in [-0.25, -0.2) is 9.18 Å². The number of nitrogens with zero attached hydrogens (tertiary/aromatic N) is 4. The van der Waals surface area contributed by atoms with E-state index in [4.69, 9.17) is 16.3 Å². The molecule has 2 aromatic heterocycles. The van der Waals surface area contributed by atoms with Gasteiger partial charge in [0.05, 0.1) is 17.5 Å². The van der Waals surface area contributed by atoms with Crippen molar-refractivity contribution in [2.24, 2.45) is 7.05 Å². The van der Waals surface area contributed by atoms with Crippen molar-refractivity contribution in [3.05, 3.63) is 53.7 Å². The van der Waals surface area contributed by atoms with E-state index in [1.165, 1.54) is 30.0 Å². The molecule has 0 saturated heterocycles. The van der Waals surface area contributed by atoms with Crippen molar-refractivity contribution in [2.45, 2.75) is 39.9 Å². The maximum Gasteiger partial charge on any atom is 0.435 e. The fraction of sp³-hybridized carbons (Fsp3) is 0.308. The van der Waals surface area contributed by atoms with E-state index in [1.807, 2.05) is 0 Å². The molecule has 1 N–H and O–H groups in total. The van der Waals surface area contributed by atoms with Gasteiger partial charge in [-0.2, -0.15) is 23.7 Å². The van der Waals surface area contributed by atoms with Crippen molar-refractivity contribution >= 4 is 47.0 Å². The van der Waals surface area contributed by atoms with Gasteiger partial charge >= 0.3 is 12.7 Å². The van der Waals surface area contributed by atoms with Gasteiger partial charge in [0, 0.05) is 36.1 Å². The number of allylic oxidation sites excluding steroid dienone is 1. The van der Waals surface area contributed by atoms with Gasteiger partial charge in [0.25, 0.3) is 0 Å². The number of ether oxygens (including phenoxy) is 2. The molecule has 0 aliphatic carbocycles. The van der Waals surface area contributed by atoms with E-state index >= 15 is 4.39 Å². The average Bonchev–Trinajstić information content (AvgIpc) is 3.40. The maximum absolute atomic E-state index is 15.3. The Morgan fingerprint density at radius 2 is 1.97 bits per heavy atom. The molecule has 13 heteroatoms. The number of rotatable bonds is 8. The third-order valence-electron chi connectivity index (χ3n) is 5.13. The molecule has 0 aliphatic rings. The zero-order chi connectivity index (χ0) is 29.1. The second kappa shape index (κ2) is 11.8. The normalized spacial score (nSPS) is 12.0. The van der Waals surface area contributed by atoms with Crippen molar-refractivity contribution in [3.63, 3.8) is 0 Å². The van der Waals surface area contributed by atoms with Gasteiger partial charge in [0.1, 0.15) is 28.7 Å². The Labute approximate surface area is 227 Å². The number of aryl methyl sites for hydroxylation is 1. The molecule has 9 nitrogen and oxygen atoms in total. The molecule has 0 saturated carbocycles. The summed E-state index contributed by atoms with van der Waals surface area (Å²) in [5.74, 6) is -2.55. The summed E-state index contributed by atoms with van der Waals surface area (Å²) in [5.41, 5.74) is 0.246. The van der Waals surface area contributed by atoms with Crippen molar-refractivity contribution in [1.82, 2.24) is 19.6 Å². The fourth-order valence-corrected chi connectivity index (χ4v) is 3.76. The van der Waals surface area contributed by atoms with Crippen molar-refractivity contribution in [1.29, 1.82) is 0 Å². The number of anilines is 1. The summed E-state index contributed by atoms with van der Waals surface area (Å²) in [6.45, 7) is 7.06. The molecule has 1 amide bonds. The van der Waals surface area contributed by atoms with Crippen LogP contribution in [-0.2, 0) is 16.6 Å². The number of aromatic nitrogens is 4. The number of halogens is 4. The number of carbonyl (C=O) groups is 2. The third kappa shape index (κ3) is 7.08. The van der Waals surface area contributed by atoms with Crippen molar-refractivity contribution in [2.75, 3.05) is 11.2 Å². The van der Waals surface area contributed by atoms with E-state index in [1.54, 1.807) is 34.0 Å². The van der Waals surface area contributed by atoms with Gasteiger partial charge in [-0.1, -0.05) is 6.58 Å². The summed E-state index contributed by atoms with van der Waals surface area (Å²) in [7, 11) is 1.69. The number of benzene rings is 1. The predicted molar refractivity (Wildman–Crippen MR) is 142 cm³/mol. The van der Waals surface area contributed by atoms with Gasteiger partial charge in [-0.05, 0) is 51.5 Å². The number of amides is 1. The Kier molecular flexibility index (Phi) is 8.90. The minimum absolute atomic E-state index is 0.120. The van der Waals surface area contributed by atoms with Gasteiger partial charge in [0.2, 0.25) is 5.91 Å². The SMILES string of the molecule is C=Cc1c(/C=C(\C)c2c(F)cc(NC(=O)CCl)cc2OC(F)F)c(-c2cnn(C)c2)nn1C(=O)OC(C)(C)C. The second-order valence-corrected chi connectivity index (χ2v) is 9.63. The standard InChI is InChI=1S/C26H27ClF3N5O4/c1-7-19-17(23(15-12-31-34(6)13-15)33-35(19)25(37)39-26(3,4)5)8-14(2)22-18(28)9-16(32-21(36)11-27)10-20(22)38-24(29)30/h7-10,12-13,24H,1,11H2,2-6H3,(H,32,36)/b14-8+. The van der Waals surface area contributed by atoms with Gasteiger partial charge in [-0.3, -0.25) is 9.48 Å². The molecule has 39 heavy (non-hydrogen) atoms. The largest absolute Gasteiger partial charge is 0.442 e. The molecular formula is C26H27ClF3N5O4. The Bertz CT molecular complexity index is 1440. The summed E-state index contributed by atoms with van der Waals surface area (Å²) in [4.78, 5) is 24.6. The highest BCUT2D eigenvalue weighted by molar-refractivity contribution is 6.29. The minimum Gasteiger partial charge on any atom is -0.442 e. The van der Waals surface area contributed by atoms with Crippen LogP contribution in [-0.4, -0.2) is 49.7 Å². The molecule has 0 bridgehead atoms. The Hall–Kier alpha value is -4.06. The molecule has 0 unspecified atom stereocenters. The summed E-state index contributed by atoms with van der Waals surface area (Å²) in [5, 5.41) is 10.9. The summed E-state index contributed by atoms with van der Waals surface area (Å²) in [6, 6.07) is 2.02. The first-order valence-electron chi connectivity index (χ1n) is 11.5. The van der Waals surface area contributed by atoms with Crippen LogP contribution in [0.1, 0.15) is 44.5 Å². The third-order valence-corrected chi connectivity index (χ3v) is 5.37. The summed E-state index contributed by atoms with van der Waals surface area (Å²) >= 11 is 5.47. The van der Waals surface area contributed by atoms with Gasteiger partial charge in [0.15, 0.2) is 0 Å². The van der Waals surface area contributed by atoms with Crippen LogP contribution in [0.5, 0.6) is 5.75 Å². The number of nitrogens with one attached hydrogen (secondary N) is 1. The molecule has 0 radical (unpaired) electrons. The monoisotopic (exact) mass is 565 g/mol. The molecule has 0 atom stereocenters. The number of alkyl halides is 3. The topological polar surface area (TPSA) is 100 Å². The highest BCUT2D eigenvalue weighted by atomic mass is 35.5. The van der Waals surface area contributed by atoms with Gasteiger partial charge in [-0.15, -0.1) is 11.6 Å². The Balaban J connectivity index is 2.24. The number of hydrogen-bond donors (Lipinski definition) is 1. The van der Waals surface area contributed by atoms with Crippen molar-refractivity contribution < 1.29 is 32.2 Å². The lowest BCUT2D eigenvalue weighted by Crippen LogP contribution is -2.28. The van der Waals surface area contributed by atoms with Crippen LogP contribution >= 0.6 is 11.6 Å². The van der Waals surface area contributed by atoms with Crippen LogP contribution in [0.4, 0.5) is 23.7 Å². The summed E-state index contributed by atoms with van der Waals surface area (Å²) in [6.07, 6.45) is 5.21. The molecule has 0 fully saturated rings. The van der Waals surface area contributed by atoms with Crippen LogP contribution in [0, 0.1) is 5.82 Å². The second-order valence-electron chi connectivity index (χ2n) is 9.37.